The maximum Gasteiger partial charge on any atom is 0.254 e. The van der Waals surface area contributed by atoms with E-state index in [0.717, 1.165) is 25.9 Å². The van der Waals surface area contributed by atoms with Gasteiger partial charge in [-0.1, -0.05) is 11.6 Å². The number of hydrogen-bond donors (Lipinski definition) is 1. The minimum absolute atomic E-state index is 0.201. The summed E-state index contributed by atoms with van der Waals surface area (Å²) < 4.78 is 24.4. The van der Waals surface area contributed by atoms with Crippen LogP contribution in [0.2, 0.25) is 0 Å². The van der Waals surface area contributed by atoms with E-state index in [0.29, 0.717) is 12.8 Å². The van der Waals surface area contributed by atoms with E-state index in [1.165, 1.54) is 0 Å². The van der Waals surface area contributed by atoms with Gasteiger partial charge in [0, 0.05) is 19.5 Å². The van der Waals surface area contributed by atoms with E-state index in [1.54, 1.807) is 7.11 Å². The number of piperidine rings is 1. The Balaban J connectivity index is 1.79. The second-order valence-corrected chi connectivity index (χ2v) is 8.11. The van der Waals surface area contributed by atoms with Gasteiger partial charge in [0.15, 0.2) is 4.21 Å². The molecule has 8 heteroatoms. The highest BCUT2D eigenvalue weighted by molar-refractivity contribution is 7.93. The van der Waals surface area contributed by atoms with Crippen molar-refractivity contribution in [2.45, 2.75) is 36.3 Å². The van der Waals surface area contributed by atoms with E-state index < -0.39 is 20.1 Å². The maximum atomic E-state index is 11.8. The average molecular weight is 311 g/mol. The van der Waals surface area contributed by atoms with Crippen molar-refractivity contribution in [2.24, 2.45) is 5.92 Å². The number of carbonyl (C=O) groups is 1. The van der Waals surface area contributed by atoms with Crippen LogP contribution < -0.4 is 4.72 Å². The van der Waals surface area contributed by atoms with Gasteiger partial charge in [0.1, 0.15) is 0 Å². The zero-order chi connectivity index (χ0) is 14.1. The Morgan fingerprint density at radius 3 is 2.47 bits per heavy atom. The van der Waals surface area contributed by atoms with Crippen LogP contribution >= 0.6 is 11.6 Å². The third kappa shape index (κ3) is 3.59. The van der Waals surface area contributed by atoms with Gasteiger partial charge < -0.3 is 4.84 Å². The Hall–Kier alpha value is -0.370. The molecule has 0 atom stereocenters. The molecule has 1 N–H and O–H groups in total. The van der Waals surface area contributed by atoms with Gasteiger partial charge in [0.05, 0.1) is 7.11 Å². The van der Waals surface area contributed by atoms with Crippen molar-refractivity contribution in [2.75, 3.05) is 20.2 Å². The smallest absolute Gasteiger partial charge is 0.254 e. The summed E-state index contributed by atoms with van der Waals surface area (Å²) in [5, 5.41) is 1.84. The first-order valence-corrected chi connectivity index (χ1v) is 8.25. The lowest BCUT2D eigenvalue weighted by Gasteiger charge is -2.29. The van der Waals surface area contributed by atoms with Gasteiger partial charge in [-0.2, -0.15) is 5.06 Å². The van der Waals surface area contributed by atoms with Crippen LogP contribution in [0.3, 0.4) is 0 Å². The van der Waals surface area contributed by atoms with Crippen molar-refractivity contribution in [1.82, 2.24) is 9.79 Å². The summed E-state index contributed by atoms with van der Waals surface area (Å²) in [6, 6.07) is 0. The topological polar surface area (TPSA) is 75.7 Å². The fourth-order valence-electron chi connectivity index (χ4n) is 2.21. The number of rotatable bonds is 5. The quantitative estimate of drug-likeness (QED) is 0.761. The van der Waals surface area contributed by atoms with Crippen LogP contribution in [0.1, 0.15) is 32.1 Å². The van der Waals surface area contributed by atoms with E-state index >= 15 is 0 Å². The van der Waals surface area contributed by atoms with Crippen LogP contribution in [0.25, 0.3) is 0 Å². The van der Waals surface area contributed by atoms with Gasteiger partial charge >= 0.3 is 0 Å². The SMILES string of the molecule is CON1CCC(CC(=O)NS(=O)(=O)C2(Cl)CC2)CC1. The molecule has 0 bridgehead atoms. The molecular weight excluding hydrogens is 292 g/mol. The number of halogens is 1. The number of nitrogens with zero attached hydrogens (tertiary/aromatic N) is 1. The largest absolute Gasteiger partial charge is 0.302 e. The van der Waals surface area contributed by atoms with Crippen LogP contribution in [0.5, 0.6) is 0 Å². The molecule has 110 valence electrons. The summed E-state index contributed by atoms with van der Waals surface area (Å²) in [4.78, 5) is 16.9. The Kier molecular flexibility index (Phi) is 4.39. The predicted octanol–water partition coefficient (Wildman–Crippen LogP) is 0.825. The highest BCUT2D eigenvalue weighted by Gasteiger charge is 2.54. The fourth-order valence-corrected chi connectivity index (χ4v) is 3.62. The van der Waals surface area contributed by atoms with Crippen LogP contribution in [-0.2, 0) is 19.7 Å². The summed E-state index contributed by atoms with van der Waals surface area (Å²) in [5.41, 5.74) is 0. The van der Waals surface area contributed by atoms with E-state index in [-0.39, 0.29) is 12.3 Å². The van der Waals surface area contributed by atoms with E-state index in [4.69, 9.17) is 16.4 Å². The Bertz CT molecular complexity index is 442. The van der Waals surface area contributed by atoms with Crippen LogP contribution in [-0.4, -0.2) is 43.8 Å². The third-order valence-corrected chi connectivity index (χ3v) is 6.53. The van der Waals surface area contributed by atoms with Crippen molar-refractivity contribution < 1.29 is 18.0 Å². The van der Waals surface area contributed by atoms with Gasteiger partial charge in [-0.25, -0.2) is 8.42 Å². The Labute approximate surface area is 118 Å². The molecule has 1 aliphatic carbocycles. The molecule has 0 spiro atoms. The number of amides is 1. The number of nitrogens with one attached hydrogen (secondary N) is 1. The first kappa shape index (κ1) is 15.0. The number of hydroxylamine groups is 2. The van der Waals surface area contributed by atoms with Gasteiger partial charge in [0.25, 0.3) is 10.0 Å². The van der Waals surface area contributed by atoms with Crippen LogP contribution in [0.15, 0.2) is 0 Å². The number of carbonyl (C=O) groups excluding carboxylic acids is 1. The van der Waals surface area contributed by atoms with Gasteiger partial charge in [0.2, 0.25) is 5.91 Å². The average Bonchev–Trinajstić information content (AvgIpc) is 3.09. The molecule has 0 aromatic heterocycles. The minimum atomic E-state index is -3.72. The van der Waals surface area contributed by atoms with E-state index in [1.807, 2.05) is 5.06 Å². The molecule has 19 heavy (non-hydrogen) atoms. The lowest BCUT2D eigenvalue weighted by Crippen LogP contribution is -2.39. The molecule has 0 unspecified atom stereocenters. The second kappa shape index (κ2) is 5.55. The molecule has 0 radical (unpaired) electrons. The fraction of sp³-hybridized carbons (Fsp3) is 0.909. The van der Waals surface area contributed by atoms with Gasteiger partial charge in [-0.3, -0.25) is 9.52 Å². The molecule has 0 aromatic carbocycles. The van der Waals surface area contributed by atoms with Crippen LogP contribution in [0, 0.1) is 5.92 Å². The Morgan fingerprint density at radius 2 is 2.00 bits per heavy atom. The Morgan fingerprint density at radius 1 is 1.42 bits per heavy atom. The maximum absolute atomic E-state index is 11.8. The lowest BCUT2D eigenvalue weighted by atomic mass is 9.94. The monoisotopic (exact) mass is 310 g/mol. The van der Waals surface area contributed by atoms with E-state index in [2.05, 4.69) is 4.72 Å². The highest BCUT2D eigenvalue weighted by Crippen LogP contribution is 2.46. The third-order valence-electron chi connectivity index (χ3n) is 3.68. The molecule has 6 nitrogen and oxygen atoms in total. The van der Waals surface area contributed by atoms with Crippen molar-refractivity contribution >= 4 is 27.5 Å². The number of sulfonamides is 1. The second-order valence-electron chi connectivity index (χ2n) is 5.17. The number of hydrogen-bond acceptors (Lipinski definition) is 5. The zero-order valence-electron chi connectivity index (χ0n) is 10.9. The van der Waals surface area contributed by atoms with Crippen molar-refractivity contribution in [3.8, 4) is 0 Å². The molecule has 1 heterocycles. The van der Waals surface area contributed by atoms with Crippen LogP contribution in [0.4, 0.5) is 0 Å². The first-order valence-electron chi connectivity index (χ1n) is 6.39. The highest BCUT2D eigenvalue weighted by atomic mass is 35.5. The summed E-state index contributed by atoms with van der Waals surface area (Å²) >= 11 is 5.83. The van der Waals surface area contributed by atoms with Gasteiger partial charge in [-0.15, -0.1) is 0 Å². The molecule has 1 saturated carbocycles. The molecule has 2 aliphatic rings. The standard InChI is InChI=1S/C11H19ClN2O4S/c1-18-14-6-2-9(3-7-14)8-10(15)13-19(16,17)11(12)4-5-11/h9H,2-8H2,1H3,(H,13,15). The lowest BCUT2D eigenvalue weighted by molar-refractivity contribution is -0.149. The summed E-state index contributed by atoms with van der Waals surface area (Å²) in [7, 11) is -2.10. The predicted molar refractivity (Wildman–Crippen MR) is 70.8 cm³/mol. The van der Waals surface area contributed by atoms with Crippen molar-refractivity contribution in [3.63, 3.8) is 0 Å². The van der Waals surface area contributed by atoms with Crippen molar-refractivity contribution in [3.05, 3.63) is 0 Å². The molecule has 2 fully saturated rings. The molecule has 1 aliphatic heterocycles. The summed E-state index contributed by atoms with van der Waals surface area (Å²) in [6.07, 6.45) is 2.69. The summed E-state index contributed by atoms with van der Waals surface area (Å²) in [6.45, 7) is 1.53. The first-order chi connectivity index (χ1) is 8.86. The number of alkyl halides is 1. The zero-order valence-corrected chi connectivity index (χ0v) is 12.5. The molecular formula is C11H19ClN2O4S. The molecule has 0 aromatic rings. The van der Waals surface area contributed by atoms with Crippen molar-refractivity contribution in [1.29, 1.82) is 0 Å². The minimum Gasteiger partial charge on any atom is -0.302 e. The molecule has 1 saturated heterocycles. The van der Waals surface area contributed by atoms with Gasteiger partial charge in [-0.05, 0) is 31.6 Å². The normalized spacial score (nSPS) is 24.1. The molecule has 2 rings (SSSR count). The summed E-state index contributed by atoms with van der Waals surface area (Å²) in [5.74, 6) is -0.255. The molecule has 1 amide bonds. The van der Waals surface area contributed by atoms with E-state index in [9.17, 15) is 13.2 Å².